The van der Waals surface area contributed by atoms with Gasteiger partial charge in [0.2, 0.25) is 0 Å². The minimum atomic E-state index is 0.686. The van der Waals surface area contributed by atoms with Crippen LogP contribution in [0, 0.1) is 6.92 Å². The summed E-state index contributed by atoms with van der Waals surface area (Å²) in [6.07, 6.45) is 0. The Kier molecular flexibility index (Phi) is 3.22. The molecule has 0 saturated carbocycles. The monoisotopic (exact) mass is 217 g/mol. The standard InChI is InChI=1S/C12H15N3O/c1-9-6-11(15-16-9)8-14-7-10-4-2-3-5-12(10)13/h2-6,14H,7-8,13H2,1H3. The van der Waals surface area contributed by atoms with Gasteiger partial charge in [-0.2, -0.15) is 0 Å². The van der Waals surface area contributed by atoms with Gasteiger partial charge in [-0.1, -0.05) is 23.4 Å². The highest BCUT2D eigenvalue weighted by Crippen LogP contribution is 2.10. The Balaban J connectivity index is 1.87. The molecule has 1 heterocycles. The zero-order valence-corrected chi connectivity index (χ0v) is 9.23. The molecule has 1 aromatic heterocycles. The Hall–Kier alpha value is -1.81. The fraction of sp³-hybridized carbons (Fsp3) is 0.250. The van der Waals surface area contributed by atoms with E-state index in [1.165, 1.54) is 0 Å². The lowest BCUT2D eigenvalue weighted by molar-refractivity contribution is 0.388. The molecule has 4 nitrogen and oxygen atoms in total. The first-order valence-electron chi connectivity index (χ1n) is 5.22. The summed E-state index contributed by atoms with van der Waals surface area (Å²) in [5.74, 6) is 0.830. The lowest BCUT2D eigenvalue weighted by Gasteiger charge is -2.05. The molecule has 2 aromatic rings. The van der Waals surface area contributed by atoms with Crippen molar-refractivity contribution < 1.29 is 4.52 Å². The average Bonchev–Trinajstić information content (AvgIpc) is 2.67. The number of anilines is 1. The molecule has 0 saturated heterocycles. The van der Waals surface area contributed by atoms with Crippen LogP contribution in [-0.2, 0) is 13.1 Å². The number of nitrogens with zero attached hydrogens (tertiary/aromatic N) is 1. The second-order valence-corrected chi connectivity index (χ2v) is 3.73. The van der Waals surface area contributed by atoms with Crippen LogP contribution in [0.4, 0.5) is 5.69 Å². The van der Waals surface area contributed by atoms with E-state index >= 15 is 0 Å². The minimum absolute atomic E-state index is 0.686. The molecule has 0 aliphatic rings. The first kappa shape index (κ1) is 10.7. The fourth-order valence-electron chi connectivity index (χ4n) is 1.52. The summed E-state index contributed by atoms with van der Waals surface area (Å²) in [5, 5.41) is 7.17. The smallest absolute Gasteiger partial charge is 0.133 e. The van der Waals surface area contributed by atoms with Gasteiger partial charge in [0.1, 0.15) is 5.76 Å². The summed E-state index contributed by atoms with van der Waals surface area (Å²) < 4.78 is 4.98. The first-order valence-corrected chi connectivity index (χ1v) is 5.22. The van der Waals surface area contributed by atoms with E-state index in [1.54, 1.807) is 0 Å². The van der Waals surface area contributed by atoms with Crippen LogP contribution in [-0.4, -0.2) is 5.16 Å². The van der Waals surface area contributed by atoms with E-state index in [4.69, 9.17) is 10.3 Å². The third kappa shape index (κ3) is 2.61. The Morgan fingerprint density at radius 1 is 1.31 bits per heavy atom. The van der Waals surface area contributed by atoms with E-state index in [9.17, 15) is 0 Å². The Bertz CT molecular complexity index is 465. The molecule has 0 aliphatic carbocycles. The number of nitrogen functional groups attached to an aromatic ring is 1. The molecule has 0 unspecified atom stereocenters. The number of nitrogens with two attached hydrogens (primary N) is 1. The molecule has 0 atom stereocenters. The summed E-state index contributed by atoms with van der Waals surface area (Å²) in [6.45, 7) is 3.30. The number of hydrogen-bond donors (Lipinski definition) is 2. The van der Waals surface area contributed by atoms with Gasteiger partial charge in [0, 0.05) is 24.8 Å². The van der Waals surface area contributed by atoms with Crippen LogP contribution >= 0.6 is 0 Å². The van der Waals surface area contributed by atoms with Crippen LogP contribution in [0.25, 0.3) is 0 Å². The maximum Gasteiger partial charge on any atom is 0.133 e. The molecule has 84 valence electrons. The van der Waals surface area contributed by atoms with Crippen LogP contribution in [0.2, 0.25) is 0 Å². The number of rotatable bonds is 4. The Morgan fingerprint density at radius 3 is 2.81 bits per heavy atom. The molecule has 0 aliphatic heterocycles. The van der Waals surface area contributed by atoms with Gasteiger partial charge in [-0.15, -0.1) is 0 Å². The molecular formula is C12H15N3O. The third-order valence-electron chi connectivity index (χ3n) is 2.35. The Labute approximate surface area is 94.4 Å². The molecule has 0 spiro atoms. The average molecular weight is 217 g/mol. The van der Waals surface area contributed by atoms with Crippen molar-refractivity contribution >= 4 is 5.69 Å². The van der Waals surface area contributed by atoms with Gasteiger partial charge >= 0.3 is 0 Å². The van der Waals surface area contributed by atoms with Gasteiger partial charge < -0.3 is 15.6 Å². The highest BCUT2D eigenvalue weighted by Gasteiger charge is 2.00. The van der Waals surface area contributed by atoms with Crippen molar-refractivity contribution in [3.63, 3.8) is 0 Å². The normalized spacial score (nSPS) is 10.6. The SMILES string of the molecule is Cc1cc(CNCc2ccccc2N)no1. The number of benzene rings is 1. The number of aromatic nitrogens is 1. The van der Waals surface area contributed by atoms with Gasteiger partial charge in [0.25, 0.3) is 0 Å². The molecular weight excluding hydrogens is 202 g/mol. The second kappa shape index (κ2) is 4.81. The second-order valence-electron chi connectivity index (χ2n) is 3.73. The molecule has 4 heteroatoms. The van der Waals surface area contributed by atoms with E-state index in [1.807, 2.05) is 37.3 Å². The number of para-hydroxylation sites is 1. The topological polar surface area (TPSA) is 64.1 Å². The molecule has 3 N–H and O–H groups in total. The van der Waals surface area contributed by atoms with Crippen LogP contribution in [0.15, 0.2) is 34.9 Å². The van der Waals surface area contributed by atoms with Crippen LogP contribution < -0.4 is 11.1 Å². The lowest BCUT2D eigenvalue weighted by atomic mass is 10.2. The van der Waals surface area contributed by atoms with Crippen molar-refractivity contribution in [3.05, 3.63) is 47.3 Å². The fourth-order valence-corrected chi connectivity index (χ4v) is 1.52. The maximum atomic E-state index is 5.83. The number of nitrogens with one attached hydrogen (secondary N) is 1. The van der Waals surface area contributed by atoms with E-state index in [2.05, 4.69) is 10.5 Å². The van der Waals surface area contributed by atoms with Gasteiger partial charge in [-0.05, 0) is 18.6 Å². The Morgan fingerprint density at radius 2 is 2.12 bits per heavy atom. The van der Waals surface area contributed by atoms with Crippen LogP contribution in [0.3, 0.4) is 0 Å². The van der Waals surface area contributed by atoms with Crippen molar-refractivity contribution in [1.82, 2.24) is 10.5 Å². The maximum absolute atomic E-state index is 5.83. The van der Waals surface area contributed by atoms with Crippen LogP contribution in [0.5, 0.6) is 0 Å². The molecule has 0 bridgehead atoms. The summed E-state index contributed by atoms with van der Waals surface area (Å²) in [6, 6.07) is 9.74. The zero-order chi connectivity index (χ0) is 11.4. The van der Waals surface area contributed by atoms with Crippen molar-refractivity contribution in [3.8, 4) is 0 Å². The largest absolute Gasteiger partial charge is 0.398 e. The number of aryl methyl sites for hydroxylation is 1. The highest BCUT2D eigenvalue weighted by atomic mass is 16.5. The van der Waals surface area contributed by atoms with Gasteiger partial charge in [-0.25, -0.2) is 0 Å². The van der Waals surface area contributed by atoms with Gasteiger partial charge in [0.15, 0.2) is 0 Å². The highest BCUT2D eigenvalue weighted by molar-refractivity contribution is 5.46. The van der Waals surface area contributed by atoms with E-state index in [0.717, 1.165) is 29.2 Å². The van der Waals surface area contributed by atoms with Crippen molar-refractivity contribution in [2.75, 3.05) is 5.73 Å². The summed E-state index contributed by atoms with van der Waals surface area (Å²) >= 11 is 0. The van der Waals surface area contributed by atoms with E-state index in [-0.39, 0.29) is 0 Å². The van der Waals surface area contributed by atoms with E-state index in [0.29, 0.717) is 6.54 Å². The quantitative estimate of drug-likeness (QED) is 0.767. The van der Waals surface area contributed by atoms with E-state index < -0.39 is 0 Å². The predicted molar refractivity (Wildman–Crippen MR) is 62.6 cm³/mol. The van der Waals surface area contributed by atoms with Crippen LogP contribution in [0.1, 0.15) is 17.0 Å². The molecule has 0 amide bonds. The molecule has 0 radical (unpaired) electrons. The van der Waals surface area contributed by atoms with Crippen molar-refractivity contribution in [2.45, 2.75) is 20.0 Å². The van der Waals surface area contributed by atoms with Crippen molar-refractivity contribution in [2.24, 2.45) is 0 Å². The zero-order valence-electron chi connectivity index (χ0n) is 9.23. The van der Waals surface area contributed by atoms with Crippen molar-refractivity contribution in [1.29, 1.82) is 0 Å². The predicted octanol–water partition coefficient (Wildman–Crippen LogP) is 1.86. The van der Waals surface area contributed by atoms with Gasteiger partial charge in [-0.3, -0.25) is 0 Å². The summed E-state index contributed by atoms with van der Waals surface area (Å²) in [4.78, 5) is 0. The molecule has 1 aromatic carbocycles. The number of hydrogen-bond acceptors (Lipinski definition) is 4. The lowest BCUT2D eigenvalue weighted by Crippen LogP contribution is -2.13. The van der Waals surface area contributed by atoms with Gasteiger partial charge in [0.05, 0.1) is 5.69 Å². The molecule has 0 fully saturated rings. The minimum Gasteiger partial charge on any atom is -0.398 e. The molecule has 16 heavy (non-hydrogen) atoms. The molecule has 2 rings (SSSR count). The third-order valence-corrected chi connectivity index (χ3v) is 2.35. The first-order chi connectivity index (χ1) is 7.75. The summed E-state index contributed by atoms with van der Waals surface area (Å²) in [5.41, 5.74) is 8.65. The summed E-state index contributed by atoms with van der Waals surface area (Å²) in [7, 11) is 0.